The Balaban J connectivity index is 2.06. The molecule has 112 valence electrons. The number of aryl methyl sites for hydroxylation is 1. The van der Waals surface area contributed by atoms with Gasteiger partial charge in [-0.3, -0.25) is 4.79 Å². The van der Waals surface area contributed by atoms with E-state index >= 15 is 0 Å². The van der Waals surface area contributed by atoms with E-state index in [1.54, 1.807) is 13.8 Å². The minimum absolute atomic E-state index is 0.00322. The molecule has 7 heteroatoms. The molecule has 0 saturated carbocycles. The van der Waals surface area contributed by atoms with Gasteiger partial charge in [0.2, 0.25) is 11.8 Å². The van der Waals surface area contributed by atoms with Crippen LogP contribution in [0.5, 0.6) is 0 Å². The summed E-state index contributed by atoms with van der Waals surface area (Å²) >= 11 is 1.53. The van der Waals surface area contributed by atoms with Crippen molar-refractivity contribution >= 4 is 23.2 Å². The fourth-order valence-electron chi connectivity index (χ4n) is 1.84. The van der Waals surface area contributed by atoms with E-state index in [1.807, 2.05) is 16.8 Å². The number of rotatable bonds is 6. The van der Waals surface area contributed by atoms with E-state index in [2.05, 4.69) is 10.3 Å². The number of carbonyl (C=O) groups is 2. The van der Waals surface area contributed by atoms with Crippen LogP contribution in [-0.4, -0.2) is 28.0 Å². The van der Waals surface area contributed by atoms with Crippen LogP contribution in [0, 0.1) is 6.92 Å². The molecule has 0 aliphatic carbocycles. The molecule has 2 aromatic heterocycles. The SMILES string of the molecule is CCC(NC(=O)Cc1nc(-c2ccsc2)oc1C)C(=O)O. The number of hydrogen-bond acceptors (Lipinski definition) is 5. The lowest BCUT2D eigenvalue weighted by atomic mass is 10.2. The molecule has 0 bridgehead atoms. The number of oxazole rings is 1. The Hall–Kier alpha value is -2.15. The van der Waals surface area contributed by atoms with Crippen molar-refractivity contribution in [1.82, 2.24) is 10.3 Å². The molecule has 1 unspecified atom stereocenters. The number of hydrogen-bond donors (Lipinski definition) is 2. The molecule has 0 spiro atoms. The maximum Gasteiger partial charge on any atom is 0.326 e. The first-order valence-corrected chi connectivity index (χ1v) is 7.46. The molecule has 6 nitrogen and oxygen atoms in total. The minimum Gasteiger partial charge on any atom is -0.480 e. The van der Waals surface area contributed by atoms with Crippen molar-refractivity contribution in [2.24, 2.45) is 0 Å². The quantitative estimate of drug-likeness (QED) is 0.853. The van der Waals surface area contributed by atoms with Crippen LogP contribution in [0.4, 0.5) is 0 Å². The van der Waals surface area contributed by atoms with Gasteiger partial charge in [-0.15, -0.1) is 0 Å². The van der Waals surface area contributed by atoms with E-state index < -0.39 is 12.0 Å². The smallest absolute Gasteiger partial charge is 0.326 e. The van der Waals surface area contributed by atoms with Crippen molar-refractivity contribution in [1.29, 1.82) is 0 Å². The summed E-state index contributed by atoms with van der Waals surface area (Å²) in [5, 5.41) is 15.2. The normalized spacial score (nSPS) is 12.1. The van der Waals surface area contributed by atoms with Gasteiger partial charge in [-0.25, -0.2) is 9.78 Å². The van der Waals surface area contributed by atoms with Crippen LogP contribution < -0.4 is 5.32 Å². The molecule has 2 N–H and O–H groups in total. The van der Waals surface area contributed by atoms with Crippen molar-refractivity contribution in [2.45, 2.75) is 32.7 Å². The summed E-state index contributed by atoms with van der Waals surface area (Å²) in [7, 11) is 0. The lowest BCUT2D eigenvalue weighted by molar-refractivity contribution is -0.141. The third-order valence-corrected chi connectivity index (χ3v) is 3.71. The van der Waals surface area contributed by atoms with Crippen molar-refractivity contribution in [3.05, 3.63) is 28.3 Å². The highest BCUT2D eigenvalue weighted by atomic mass is 32.1. The molecule has 0 fully saturated rings. The first kappa shape index (κ1) is 15.2. The molecule has 2 heterocycles. The predicted octanol–water partition coefficient (Wildman–Crippen LogP) is 2.23. The molecule has 21 heavy (non-hydrogen) atoms. The number of nitrogens with zero attached hydrogens (tertiary/aromatic N) is 1. The van der Waals surface area contributed by atoms with Gasteiger partial charge in [-0.05, 0) is 24.8 Å². The first-order chi connectivity index (χ1) is 10.0. The van der Waals surface area contributed by atoms with Crippen LogP contribution >= 0.6 is 11.3 Å². The lowest BCUT2D eigenvalue weighted by Gasteiger charge is -2.11. The van der Waals surface area contributed by atoms with Crippen LogP contribution in [0.25, 0.3) is 11.5 Å². The average Bonchev–Trinajstić information content (AvgIpc) is 3.06. The molecule has 2 rings (SSSR count). The number of amides is 1. The Labute approximate surface area is 125 Å². The van der Waals surface area contributed by atoms with E-state index in [4.69, 9.17) is 9.52 Å². The van der Waals surface area contributed by atoms with Crippen LogP contribution in [0.1, 0.15) is 24.8 Å². The van der Waals surface area contributed by atoms with Crippen LogP contribution in [0.2, 0.25) is 0 Å². The molecule has 0 radical (unpaired) electrons. The Bertz CT molecular complexity index is 633. The summed E-state index contributed by atoms with van der Waals surface area (Å²) in [6.07, 6.45) is 0.336. The van der Waals surface area contributed by atoms with Crippen LogP contribution in [0.3, 0.4) is 0 Å². The Kier molecular flexibility index (Phi) is 4.74. The number of carboxylic acid groups (broad SMARTS) is 1. The third-order valence-electron chi connectivity index (χ3n) is 3.03. The highest BCUT2D eigenvalue weighted by Gasteiger charge is 2.20. The summed E-state index contributed by atoms with van der Waals surface area (Å²) in [6.45, 7) is 3.44. The second-order valence-electron chi connectivity index (χ2n) is 4.58. The summed E-state index contributed by atoms with van der Waals surface area (Å²) in [5.74, 6) is -0.379. The molecule has 0 saturated heterocycles. The Morgan fingerprint density at radius 1 is 1.52 bits per heavy atom. The molecule has 1 amide bonds. The molecule has 0 aliphatic rings. The van der Waals surface area contributed by atoms with Gasteiger partial charge in [-0.2, -0.15) is 11.3 Å². The van der Waals surface area contributed by atoms with Gasteiger partial charge in [0.1, 0.15) is 11.8 Å². The van der Waals surface area contributed by atoms with Crippen molar-refractivity contribution < 1.29 is 19.1 Å². The molecule has 1 atom stereocenters. The fourth-order valence-corrected chi connectivity index (χ4v) is 2.47. The first-order valence-electron chi connectivity index (χ1n) is 6.52. The van der Waals surface area contributed by atoms with Gasteiger partial charge in [0.15, 0.2) is 0 Å². The largest absolute Gasteiger partial charge is 0.480 e. The molecule has 0 aromatic carbocycles. The van der Waals surface area contributed by atoms with Crippen molar-refractivity contribution in [2.75, 3.05) is 0 Å². The summed E-state index contributed by atoms with van der Waals surface area (Å²) < 4.78 is 5.54. The fraction of sp³-hybridized carbons (Fsp3) is 0.357. The molecule has 2 aromatic rings. The number of aliphatic carboxylic acids is 1. The molecular formula is C14H16N2O4S. The van der Waals surface area contributed by atoms with E-state index in [1.165, 1.54) is 11.3 Å². The number of nitrogens with one attached hydrogen (secondary N) is 1. The summed E-state index contributed by atoms with van der Waals surface area (Å²) in [5.41, 5.74) is 1.39. The second-order valence-corrected chi connectivity index (χ2v) is 5.36. The van der Waals surface area contributed by atoms with E-state index in [9.17, 15) is 9.59 Å². The summed E-state index contributed by atoms with van der Waals surface area (Å²) in [4.78, 5) is 27.1. The predicted molar refractivity (Wildman–Crippen MR) is 78.1 cm³/mol. The number of carboxylic acids is 1. The molecule has 0 aliphatic heterocycles. The van der Waals surface area contributed by atoms with Crippen molar-refractivity contribution in [3.63, 3.8) is 0 Å². The van der Waals surface area contributed by atoms with E-state index in [-0.39, 0.29) is 12.3 Å². The average molecular weight is 308 g/mol. The molecular weight excluding hydrogens is 292 g/mol. The zero-order valence-corrected chi connectivity index (χ0v) is 12.6. The van der Waals surface area contributed by atoms with Gasteiger partial charge in [0, 0.05) is 10.9 Å². The topological polar surface area (TPSA) is 92.4 Å². The van der Waals surface area contributed by atoms with Gasteiger partial charge in [0.05, 0.1) is 12.1 Å². The van der Waals surface area contributed by atoms with E-state index in [0.29, 0.717) is 23.8 Å². The van der Waals surface area contributed by atoms with Gasteiger partial charge in [-0.1, -0.05) is 6.92 Å². The number of aromatic nitrogens is 1. The maximum absolute atomic E-state index is 11.9. The van der Waals surface area contributed by atoms with Gasteiger partial charge < -0.3 is 14.8 Å². The summed E-state index contributed by atoms with van der Waals surface area (Å²) in [6, 6.07) is 1.01. The Morgan fingerprint density at radius 3 is 2.86 bits per heavy atom. The van der Waals surface area contributed by atoms with Crippen molar-refractivity contribution in [3.8, 4) is 11.5 Å². The minimum atomic E-state index is -1.04. The number of carbonyl (C=O) groups excluding carboxylic acids is 1. The standard InChI is InChI=1S/C14H16N2O4S/c1-3-10(14(18)19)15-12(17)6-11-8(2)20-13(16-11)9-4-5-21-7-9/h4-5,7,10H,3,6H2,1-2H3,(H,15,17)(H,18,19). The Morgan fingerprint density at radius 2 is 2.29 bits per heavy atom. The maximum atomic E-state index is 11.9. The van der Waals surface area contributed by atoms with Gasteiger partial charge >= 0.3 is 5.97 Å². The van der Waals surface area contributed by atoms with Crippen LogP contribution in [0.15, 0.2) is 21.2 Å². The zero-order chi connectivity index (χ0) is 15.4. The highest BCUT2D eigenvalue weighted by molar-refractivity contribution is 7.08. The van der Waals surface area contributed by atoms with Crippen LogP contribution in [-0.2, 0) is 16.0 Å². The number of thiophene rings is 1. The van der Waals surface area contributed by atoms with E-state index in [0.717, 1.165) is 5.56 Å². The lowest BCUT2D eigenvalue weighted by Crippen LogP contribution is -2.41. The van der Waals surface area contributed by atoms with Gasteiger partial charge in [0.25, 0.3) is 0 Å². The second kappa shape index (κ2) is 6.53. The third kappa shape index (κ3) is 3.69. The zero-order valence-electron chi connectivity index (χ0n) is 11.8. The highest BCUT2D eigenvalue weighted by Crippen LogP contribution is 2.23. The monoisotopic (exact) mass is 308 g/mol.